The van der Waals surface area contributed by atoms with Gasteiger partial charge in [-0.15, -0.1) is 0 Å². The van der Waals surface area contributed by atoms with Gasteiger partial charge in [-0.1, -0.05) is 29.8 Å². The summed E-state index contributed by atoms with van der Waals surface area (Å²) in [7, 11) is 0. The number of carbonyl (C=O) groups excluding carboxylic acids is 1. The number of hydrogen-bond donors (Lipinski definition) is 2. The number of benzene rings is 1. The molecule has 1 rings (SSSR count). The van der Waals surface area contributed by atoms with Gasteiger partial charge < -0.3 is 15.8 Å². The third-order valence-corrected chi connectivity index (χ3v) is 3.96. The van der Waals surface area contributed by atoms with Crippen LogP contribution in [-0.2, 0) is 11.2 Å². The summed E-state index contributed by atoms with van der Waals surface area (Å²) in [5.41, 5.74) is 6.64. The molecule has 0 aromatic heterocycles. The van der Waals surface area contributed by atoms with Crippen LogP contribution >= 0.6 is 15.9 Å². The molecule has 112 valence electrons. The van der Waals surface area contributed by atoms with E-state index in [0.29, 0.717) is 18.2 Å². The molecule has 0 bridgehead atoms. The lowest BCUT2D eigenvalue weighted by molar-refractivity contribution is -0.124. The van der Waals surface area contributed by atoms with Crippen molar-refractivity contribution in [2.24, 2.45) is 11.7 Å². The van der Waals surface area contributed by atoms with Gasteiger partial charge in [0.25, 0.3) is 5.91 Å². The Labute approximate surface area is 129 Å². The van der Waals surface area contributed by atoms with Crippen molar-refractivity contribution in [2.45, 2.75) is 33.2 Å². The summed E-state index contributed by atoms with van der Waals surface area (Å²) in [6.07, 6.45) is 0.772. The van der Waals surface area contributed by atoms with E-state index in [1.807, 2.05) is 25.1 Å². The highest BCUT2D eigenvalue weighted by atomic mass is 79.9. The Hall–Kier alpha value is -1.07. The molecule has 0 aliphatic rings. The van der Waals surface area contributed by atoms with Gasteiger partial charge in [-0.2, -0.15) is 0 Å². The van der Waals surface area contributed by atoms with Gasteiger partial charge in [-0.05, 0) is 49.6 Å². The Morgan fingerprint density at radius 2 is 2.10 bits per heavy atom. The smallest absolute Gasteiger partial charge is 0.258 e. The molecule has 1 atom stereocenters. The summed E-state index contributed by atoms with van der Waals surface area (Å²) >= 11 is 3.47. The van der Waals surface area contributed by atoms with Crippen LogP contribution in [0.1, 0.15) is 26.3 Å². The summed E-state index contributed by atoms with van der Waals surface area (Å²) in [5, 5.41) is 2.91. The molecule has 1 amide bonds. The van der Waals surface area contributed by atoms with Crippen LogP contribution < -0.4 is 15.8 Å². The fourth-order valence-electron chi connectivity index (χ4n) is 1.60. The molecule has 0 aliphatic heterocycles. The Balaban J connectivity index is 2.53. The molecule has 4 nitrogen and oxygen atoms in total. The quantitative estimate of drug-likeness (QED) is 0.800. The summed E-state index contributed by atoms with van der Waals surface area (Å²) in [6.45, 7) is 6.73. The van der Waals surface area contributed by atoms with Crippen molar-refractivity contribution in [1.29, 1.82) is 0 Å². The van der Waals surface area contributed by atoms with Crippen molar-refractivity contribution in [3.8, 4) is 5.75 Å². The lowest BCUT2D eigenvalue weighted by Gasteiger charge is -2.17. The molecule has 0 spiro atoms. The zero-order valence-electron chi connectivity index (χ0n) is 12.3. The highest BCUT2D eigenvalue weighted by molar-refractivity contribution is 9.10. The minimum atomic E-state index is -0.102. The number of nitrogens with two attached hydrogens (primary N) is 1. The van der Waals surface area contributed by atoms with Crippen molar-refractivity contribution in [3.05, 3.63) is 28.2 Å². The van der Waals surface area contributed by atoms with Crippen molar-refractivity contribution in [2.75, 3.05) is 13.2 Å². The minimum Gasteiger partial charge on any atom is -0.484 e. The molecule has 0 heterocycles. The number of ether oxygens (including phenoxy) is 1. The van der Waals surface area contributed by atoms with E-state index in [2.05, 4.69) is 35.1 Å². The van der Waals surface area contributed by atoms with Crippen LogP contribution in [0.5, 0.6) is 5.75 Å². The summed E-state index contributed by atoms with van der Waals surface area (Å²) < 4.78 is 6.52. The normalized spacial score (nSPS) is 12.3. The third-order valence-electron chi connectivity index (χ3n) is 3.19. The van der Waals surface area contributed by atoms with Crippen LogP contribution in [0, 0.1) is 5.92 Å². The number of amides is 1. The molecule has 0 saturated carbocycles. The first kappa shape index (κ1) is 17.0. The molecular formula is C15H23BrN2O2. The van der Waals surface area contributed by atoms with E-state index in [9.17, 15) is 4.79 Å². The second-order valence-electron chi connectivity index (χ2n) is 5.18. The maximum atomic E-state index is 11.7. The standard InChI is InChI=1S/C15H23BrN2O2/c1-10(2)11(3)18-15(19)9-20-13-4-5-14(16)12(8-13)6-7-17/h4-5,8,10-11H,6-7,9,17H2,1-3H3,(H,18,19). The molecule has 0 saturated heterocycles. The van der Waals surface area contributed by atoms with Gasteiger partial charge in [-0.3, -0.25) is 4.79 Å². The maximum absolute atomic E-state index is 11.7. The fraction of sp³-hybridized carbons (Fsp3) is 0.533. The van der Waals surface area contributed by atoms with Gasteiger partial charge in [-0.25, -0.2) is 0 Å². The summed E-state index contributed by atoms with van der Waals surface area (Å²) in [5.74, 6) is 0.987. The largest absolute Gasteiger partial charge is 0.484 e. The van der Waals surface area contributed by atoms with Gasteiger partial charge in [0.1, 0.15) is 5.75 Å². The Morgan fingerprint density at radius 1 is 1.40 bits per heavy atom. The molecule has 20 heavy (non-hydrogen) atoms. The van der Waals surface area contributed by atoms with Crippen LogP contribution in [-0.4, -0.2) is 25.1 Å². The minimum absolute atomic E-state index is 0.0285. The highest BCUT2D eigenvalue weighted by Crippen LogP contribution is 2.22. The molecule has 1 unspecified atom stereocenters. The first-order chi connectivity index (χ1) is 9.43. The molecule has 0 aliphatic carbocycles. The van der Waals surface area contributed by atoms with Gasteiger partial charge in [0.2, 0.25) is 0 Å². The molecule has 3 N–H and O–H groups in total. The molecule has 1 aromatic carbocycles. The van der Waals surface area contributed by atoms with Crippen LogP contribution in [0.4, 0.5) is 0 Å². The van der Waals surface area contributed by atoms with Gasteiger partial charge in [0.05, 0.1) is 0 Å². The Kier molecular flexibility index (Phi) is 7.02. The average molecular weight is 343 g/mol. The zero-order valence-corrected chi connectivity index (χ0v) is 13.9. The van der Waals surface area contributed by atoms with E-state index >= 15 is 0 Å². The lowest BCUT2D eigenvalue weighted by Crippen LogP contribution is -2.38. The number of rotatable bonds is 7. The second kappa shape index (κ2) is 8.27. The van der Waals surface area contributed by atoms with E-state index in [-0.39, 0.29) is 18.6 Å². The van der Waals surface area contributed by atoms with Gasteiger partial charge in [0.15, 0.2) is 6.61 Å². The number of nitrogens with one attached hydrogen (secondary N) is 1. The first-order valence-electron chi connectivity index (χ1n) is 6.84. The molecule has 0 radical (unpaired) electrons. The van der Waals surface area contributed by atoms with Crippen LogP contribution in [0.15, 0.2) is 22.7 Å². The predicted octanol–water partition coefficient (Wildman–Crippen LogP) is 2.49. The van der Waals surface area contributed by atoms with Crippen LogP contribution in [0.3, 0.4) is 0 Å². The second-order valence-corrected chi connectivity index (χ2v) is 6.04. The SMILES string of the molecule is CC(C)C(C)NC(=O)COc1ccc(Br)c(CCN)c1. The lowest BCUT2D eigenvalue weighted by atomic mass is 10.1. The summed E-state index contributed by atoms with van der Waals surface area (Å²) in [4.78, 5) is 11.7. The van der Waals surface area contributed by atoms with E-state index in [4.69, 9.17) is 10.5 Å². The van der Waals surface area contributed by atoms with Crippen molar-refractivity contribution in [1.82, 2.24) is 5.32 Å². The Morgan fingerprint density at radius 3 is 2.70 bits per heavy atom. The maximum Gasteiger partial charge on any atom is 0.258 e. The molecule has 1 aromatic rings. The topological polar surface area (TPSA) is 64.3 Å². The monoisotopic (exact) mass is 342 g/mol. The van der Waals surface area contributed by atoms with Crippen LogP contribution in [0.2, 0.25) is 0 Å². The van der Waals surface area contributed by atoms with Gasteiger partial charge in [0, 0.05) is 10.5 Å². The molecular weight excluding hydrogens is 320 g/mol. The number of carbonyl (C=O) groups is 1. The van der Waals surface area contributed by atoms with E-state index in [1.54, 1.807) is 0 Å². The number of halogens is 1. The zero-order chi connectivity index (χ0) is 15.1. The van der Waals surface area contributed by atoms with Gasteiger partial charge >= 0.3 is 0 Å². The highest BCUT2D eigenvalue weighted by Gasteiger charge is 2.11. The Bertz CT molecular complexity index is 449. The van der Waals surface area contributed by atoms with Crippen molar-refractivity contribution >= 4 is 21.8 Å². The number of hydrogen-bond acceptors (Lipinski definition) is 3. The van der Waals surface area contributed by atoms with Crippen molar-refractivity contribution < 1.29 is 9.53 Å². The predicted molar refractivity (Wildman–Crippen MR) is 84.8 cm³/mol. The molecule has 0 fully saturated rings. The van der Waals surface area contributed by atoms with Crippen molar-refractivity contribution in [3.63, 3.8) is 0 Å². The van der Waals surface area contributed by atoms with E-state index in [1.165, 1.54) is 0 Å². The third kappa shape index (κ3) is 5.51. The fourth-order valence-corrected chi connectivity index (χ4v) is 2.04. The summed E-state index contributed by atoms with van der Waals surface area (Å²) in [6, 6.07) is 5.80. The average Bonchev–Trinajstić information content (AvgIpc) is 2.39. The first-order valence-corrected chi connectivity index (χ1v) is 7.64. The van der Waals surface area contributed by atoms with E-state index < -0.39 is 0 Å². The van der Waals surface area contributed by atoms with Crippen LogP contribution in [0.25, 0.3) is 0 Å². The molecule has 5 heteroatoms. The van der Waals surface area contributed by atoms with E-state index in [0.717, 1.165) is 16.5 Å².